The maximum Gasteiger partial charge on any atom is 0.455 e. The van der Waals surface area contributed by atoms with Gasteiger partial charge in [0, 0.05) is 5.56 Å². The van der Waals surface area contributed by atoms with Crippen molar-refractivity contribution in [1.29, 1.82) is 0 Å². The maximum absolute atomic E-state index is 13.9. The van der Waals surface area contributed by atoms with E-state index >= 15 is 0 Å². The van der Waals surface area contributed by atoms with Gasteiger partial charge in [-0.15, -0.1) is 0 Å². The highest BCUT2D eigenvalue weighted by Crippen LogP contribution is 2.37. The zero-order valence-electron chi connectivity index (χ0n) is 19.6. The number of fused-ring (bicyclic) bond motifs is 1. The van der Waals surface area contributed by atoms with Crippen LogP contribution >= 0.6 is 0 Å². The summed E-state index contributed by atoms with van der Waals surface area (Å²) in [4.78, 5) is 50.5. The molecule has 0 aromatic heterocycles. The number of amides is 2. The quantitative estimate of drug-likeness (QED) is 0.321. The zero-order valence-corrected chi connectivity index (χ0v) is 19.6. The van der Waals surface area contributed by atoms with Crippen molar-refractivity contribution >= 4 is 23.6 Å². The van der Waals surface area contributed by atoms with Crippen molar-refractivity contribution in [1.82, 2.24) is 10.6 Å². The van der Waals surface area contributed by atoms with Crippen LogP contribution in [0.15, 0.2) is 18.2 Å². The highest BCUT2D eigenvalue weighted by Gasteiger charge is 2.58. The van der Waals surface area contributed by atoms with Gasteiger partial charge in [0.2, 0.25) is 11.8 Å². The van der Waals surface area contributed by atoms with Crippen LogP contribution in [-0.2, 0) is 23.9 Å². The van der Waals surface area contributed by atoms with Crippen molar-refractivity contribution < 1.29 is 55.0 Å². The highest BCUT2D eigenvalue weighted by molar-refractivity contribution is 6.06. The summed E-state index contributed by atoms with van der Waals surface area (Å²) in [5.74, 6) is -11.5. The van der Waals surface area contributed by atoms with E-state index in [0.29, 0.717) is 0 Å². The fraction of sp³-hybridized carbons (Fsp3) is 0.545. The number of alkyl halides is 5. The minimum absolute atomic E-state index is 0.0142. The predicted octanol–water partition coefficient (Wildman–Crippen LogP) is 2.65. The third-order valence-corrected chi connectivity index (χ3v) is 5.69. The van der Waals surface area contributed by atoms with E-state index < -0.39 is 77.9 Å². The molecule has 1 aliphatic heterocycles. The molecule has 0 bridgehead atoms. The standard InChI is InChI=1S/C22H24F6N2O6/c1-10-16(30-19(34)20(2,3)18(33)29-9-21(24,25)22(26,27)28)17(32)13(8-15(31)35-4)12-7-11(23)5-6-14(12)36-10/h5-7,10,13,16H,8-9H2,1-4H3,(H,29,33)(H,30,34)/t10-,13?,16+/m1/s1. The molecular weight excluding hydrogens is 502 g/mol. The molecule has 0 saturated heterocycles. The van der Waals surface area contributed by atoms with Crippen LogP contribution in [0.5, 0.6) is 5.75 Å². The number of ether oxygens (including phenoxy) is 2. The van der Waals surface area contributed by atoms with Crippen LogP contribution in [-0.4, -0.2) is 61.5 Å². The monoisotopic (exact) mass is 526 g/mol. The van der Waals surface area contributed by atoms with Gasteiger partial charge in [0.15, 0.2) is 5.78 Å². The first-order chi connectivity index (χ1) is 16.4. The van der Waals surface area contributed by atoms with E-state index in [1.165, 1.54) is 18.3 Å². The molecule has 3 atom stereocenters. The Morgan fingerprint density at radius 3 is 2.25 bits per heavy atom. The third-order valence-electron chi connectivity index (χ3n) is 5.69. The Labute approximate surface area is 201 Å². The molecule has 2 rings (SSSR count). The van der Waals surface area contributed by atoms with Gasteiger partial charge in [-0.2, -0.15) is 22.0 Å². The number of nitrogens with one attached hydrogen (secondary N) is 2. The Bertz CT molecular complexity index is 1040. The Kier molecular flexibility index (Phi) is 8.31. The number of hydrogen-bond donors (Lipinski definition) is 2. The fourth-order valence-electron chi connectivity index (χ4n) is 3.35. The molecule has 0 saturated carbocycles. The Morgan fingerprint density at radius 1 is 1.08 bits per heavy atom. The summed E-state index contributed by atoms with van der Waals surface area (Å²) < 4.78 is 87.6. The van der Waals surface area contributed by atoms with E-state index in [1.807, 2.05) is 0 Å². The molecule has 0 radical (unpaired) electrons. The fourth-order valence-corrected chi connectivity index (χ4v) is 3.35. The van der Waals surface area contributed by atoms with Gasteiger partial charge in [0.1, 0.15) is 29.1 Å². The first-order valence-corrected chi connectivity index (χ1v) is 10.5. The average molecular weight is 526 g/mol. The molecule has 0 spiro atoms. The van der Waals surface area contributed by atoms with E-state index in [0.717, 1.165) is 33.1 Å². The van der Waals surface area contributed by atoms with Crippen molar-refractivity contribution in [2.75, 3.05) is 13.7 Å². The van der Waals surface area contributed by atoms with Gasteiger partial charge in [-0.3, -0.25) is 19.2 Å². The zero-order chi connectivity index (χ0) is 27.6. The lowest BCUT2D eigenvalue weighted by Crippen LogP contribution is -2.57. The molecular formula is C22H24F6N2O6. The van der Waals surface area contributed by atoms with Gasteiger partial charge in [-0.05, 0) is 39.0 Å². The normalized spacial score (nSPS) is 20.5. The number of carbonyl (C=O) groups excluding carboxylic acids is 4. The summed E-state index contributed by atoms with van der Waals surface area (Å²) in [6, 6.07) is 1.75. The first-order valence-electron chi connectivity index (χ1n) is 10.5. The number of methoxy groups -OCH3 is 1. The summed E-state index contributed by atoms with van der Waals surface area (Å²) in [7, 11) is 1.07. The SMILES string of the molecule is COC(=O)CC1C(=O)[C@@H](NC(=O)C(C)(C)C(=O)NCC(F)(F)C(F)(F)F)[C@@H](C)Oc2ccc(F)cc21. The number of halogens is 6. The van der Waals surface area contributed by atoms with Crippen molar-refractivity contribution in [2.24, 2.45) is 5.41 Å². The molecule has 0 aliphatic carbocycles. The first kappa shape index (κ1) is 28.9. The molecule has 1 aromatic rings. The van der Waals surface area contributed by atoms with Crippen LogP contribution in [0.4, 0.5) is 26.3 Å². The number of ketones is 1. The second-order valence-corrected chi connectivity index (χ2v) is 8.70. The number of benzene rings is 1. The van der Waals surface area contributed by atoms with Crippen LogP contribution in [0, 0.1) is 11.2 Å². The van der Waals surface area contributed by atoms with Crippen LogP contribution < -0.4 is 15.4 Å². The predicted molar refractivity (Wildman–Crippen MR) is 111 cm³/mol. The average Bonchev–Trinajstić information content (AvgIpc) is 2.86. The van der Waals surface area contributed by atoms with Gasteiger partial charge in [0.05, 0.1) is 26.0 Å². The van der Waals surface area contributed by atoms with E-state index in [1.54, 1.807) is 0 Å². The van der Waals surface area contributed by atoms with Crippen molar-refractivity contribution in [3.05, 3.63) is 29.6 Å². The summed E-state index contributed by atoms with van der Waals surface area (Å²) in [5.41, 5.74) is -2.19. The van der Waals surface area contributed by atoms with Crippen molar-refractivity contribution in [2.45, 2.75) is 57.4 Å². The van der Waals surface area contributed by atoms with Crippen LogP contribution in [0.3, 0.4) is 0 Å². The van der Waals surface area contributed by atoms with Gasteiger partial charge < -0.3 is 20.1 Å². The summed E-state index contributed by atoms with van der Waals surface area (Å²) in [6.45, 7) is 1.17. The second kappa shape index (κ2) is 10.3. The molecule has 36 heavy (non-hydrogen) atoms. The lowest BCUT2D eigenvalue weighted by Gasteiger charge is -2.29. The van der Waals surface area contributed by atoms with Gasteiger partial charge in [-0.25, -0.2) is 4.39 Å². The smallest absolute Gasteiger partial charge is 0.455 e. The third kappa shape index (κ3) is 6.08. The lowest BCUT2D eigenvalue weighted by molar-refractivity contribution is -0.278. The van der Waals surface area contributed by atoms with Gasteiger partial charge in [-0.1, -0.05) is 0 Å². The number of Topliss-reactive ketones (excluding diaryl/α,β-unsaturated/α-hetero) is 1. The highest BCUT2D eigenvalue weighted by atomic mass is 19.4. The second-order valence-electron chi connectivity index (χ2n) is 8.70. The Morgan fingerprint density at radius 2 is 1.69 bits per heavy atom. The van der Waals surface area contributed by atoms with Crippen molar-refractivity contribution in [3.63, 3.8) is 0 Å². The maximum atomic E-state index is 13.9. The molecule has 8 nitrogen and oxygen atoms in total. The molecule has 1 heterocycles. The largest absolute Gasteiger partial charge is 0.488 e. The molecule has 1 aromatic carbocycles. The molecule has 2 N–H and O–H groups in total. The summed E-state index contributed by atoms with van der Waals surface area (Å²) in [5, 5.41) is 3.64. The minimum atomic E-state index is -5.92. The Hall–Kier alpha value is -3.32. The van der Waals surface area contributed by atoms with E-state index in [9.17, 15) is 45.5 Å². The molecule has 0 fully saturated rings. The minimum Gasteiger partial charge on any atom is -0.488 e. The van der Waals surface area contributed by atoms with E-state index in [4.69, 9.17) is 4.74 Å². The number of hydrogen-bond acceptors (Lipinski definition) is 6. The summed E-state index contributed by atoms with van der Waals surface area (Å²) >= 11 is 0. The number of carbonyl (C=O) groups is 4. The summed E-state index contributed by atoms with van der Waals surface area (Å²) in [6.07, 6.45) is -7.57. The molecule has 1 unspecified atom stereocenters. The molecule has 2 amide bonds. The van der Waals surface area contributed by atoms with Crippen molar-refractivity contribution in [3.8, 4) is 5.75 Å². The van der Waals surface area contributed by atoms with Gasteiger partial charge >= 0.3 is 18.1 Å². The van der Waals surface area contributed by atoms with Crippen LogP contribution in [0.2, 0.25) is 0 Å². The topological polar surface area (TPSA) is 111 Å². The number of rotatable bonds is 7. The Balaban J connectivity index is 2.28. The van der Waals surface area contributed by atoms with E-state index in [-0.39, 0.29) is 11.3 Å². The van der Waals surface area contributed by atoms with Gasteiger partial charge in [0.25, 0.3) is 0 Å². The molecule has 200 valence electrons. The van der Waals surface area contributed by atoms with Crippen LogP contribution in [0.1, 0.15) is 38.7 Å². The molecule has 1 aliphatic rings. The van der Waals surface area contributed by atoms with Crippen LogP contribution in [0.25, 0.3) is 0 Å². The molecule has 14 heteroatoms. The number of esters is 1. The van der Waals surface area contributed by atoms with E-state index in [2.05, 4.69) is 10.1 Å². The lowest BCUT2D eigenvalue weighted by atomic mass is 9.85.